The fourth-order valence-corrected chi connectivity index (χ4v) is 1.36. The third kappa shape index (κ3) is 3.03. The van der Waals surface area contributed by atoms with Crippen LogP contribution in [0.4, 0.5) is 0 Å². The van der Waals surface area contributed by atoms with Gasteiger partial charge in [0.15, 0.2) is 4.77 Å². The molecule has 82 valence electrons. The van der Waals surface area contributed by atoms with Gasteiger partial charge in [-0.25, -0.2) is 0 Å². The van der Waals surface area contributed by atoms with Gasteiger partial charge in [-0.3, -0.25) is 4.79 Å². The van der Waals surface area contributed by atoms with E-state index in [0.717, 1.165) is 0 Å². The molecule has 0 spiro atoms. The van der Waals surface area contributed by atoms with E-state index in [4.69, 9.17) is 17.3 Å². The van der Waals surface area contributed by atoms with Crippen LogP contribution in [-0.4, -0.2) is 27.1 Å². The second-order valence-corrected chi connectivity index (χ2v) is 3.31. The Morgan fingerprint density at radius 2 is 2.53 bits per heavy atom. The maximum atomic E-state index is 11.4. The lowest BCUT2D eigenvalue weighted by Crippen LogP contribution is -2.28. The van der Waals surface area contributed by atoms with Crippen LogP contribution in [0.1, 0.15) is 5.69 Å². The summed E-state index contributed by atoms with van der Waals surface area (Å²) in [4.78, 5) is 14.1. The highest BCUT2D eigenvalue weighted by molar-refractivity contribution is 7.71. The van der Waals surface area contributed by atoms with Crippen molar-refractivity contribution in [1.82, 2.24) is 14.9 Å². The molecule has 0 unspecified atom stereocenters. The van der Waals surface area contributed by atoms with Crippen molar-refractivity contribution in [1.29, 1.82) is 0 Å². The number of aromatic nitrogens is 2. The van der Waals surface area contributed by atoms with E-state index in [1.165, 1.54) is 0 Å². The number of hydrogen-bond donors (Lipinski definition) is 3. The molecule has 0 aliphatic carbocycles. The molecule has 1 heterocycles. The Labute approximate surface area is 92.4 Å². The number of aliphatic hydroxyl groups is 1. The predicted molar refractivity (Wildman–Crippen MR) is 58.7 cm³/mol. The highest BCUT2D eigenvalue weighted by Gasteiger charge is 2.06. The maximum Gasteiger partial charge on any atom is 0.240 e. The largest absolute Gasteiger partial charge is 0.390 e. The van der Waals surface area contributed by atoms with Crippen LogP contribution >= 0.6 is 12.2 Å². The first-order chi connectivity index (χ1) is 7.19. The van der Waals surface area contributed by atoms with E-state index in [0.29, 0.717) is 17.0 Å². The Kier molecular flexibility index (Phi) is 4.26. The van der Waals surface area contributed by atoms with Crippen LogP contribution in [-0.2, 0) is 17.9 Å². The zero-order valence-electron chi connectivity index (χ0n) is 8.19. The van der Waals surface area contributed by atoms with Gasteiger partial charge in [-0.2, -0.15) is 0 Å². The number of nitrogens with zero attached hydrogens (tertiary/aromatic N) is 1. The van der Waals surface area contributed by atoms with Crippen molar-refractivity contribution < 1.29 is 9.90 Å². The fourth-order valence-electron chi connectivity index (χ4n) is 1.12. The molecule has 15 heavy (non-hydrogen) atoms. The Morgan fingerprint density at radius 3 is 3.13 bits per heavy atom. The molecule has 0 aliphatic rings. The molecule has 3 N–H and O–H groups in total. The molecule has 5 nitrogen and oxygen atoms in total. The summed E-state index contributed by atoms with van der Waals surface area (Å²) in [5, 5.41) is 11.6. The Balaban J connectivity index is 2.70. The molecule has 6 heteroatoms. The van der Waals surface area contributed by atoms with Crippen molar-refractivity contribution >= 4 is 18.1 Å². The molecule has 0 aromatic carbocycles. The predicted octanol–water partition coefficient (Wildman–Crippen LogP) is 0.340. The number of carbonyl (C=O) groups is 1. The number of carbonyl (C=O) groups excluding carboxylic acids is 1. The van der Waals surface area contributed by atoms with E-state index >= 15 is 0 Å². The second-order valence-electron chi connectivity index (χ2n) is 2.92. The molecule has 0 radical (unpaired) electrons. The molecule has 0 atom stereocenters. The summed E-state index contributed by atoms with van der Waals surface area (Å²) in [5.74, 6) is -0.166. The SMILES string of the molecule is C=CCNC(=O)Cn1c(CO)c[nH]c1=S. The van der Waals surface area contributed by atoms with E-state index in [-0.39, 0.29) is 19.1 Å². The molecule has 0 fully saturated rings. The van der Waals surface area contributed by atoms with Crippen LogP contribution in [0.3, 0.4) is 0 Å². The van der Waals surface area contributed by atoms with Crippen LogP contribution < -0.4 is 5.32 Å². The Morgan fingerprint density at radius 1 is 1.80 bits per heavy atom. The summed E-state index contributed by atoms with van der Waals surface area (Å²) >= 11 is 4.97. The van der Waals surface area contributed by atoms with Gasteiger partial charge in [0.1, 0.15) is 6.54 Å². The third-order valence-corrected chi connectivity index (χ3v) is 2.20. The van der Waals surface area contributed by atoms with E-state index in [9.17, 15) is 4.79 Å². The standard InChI is InChI=1S/C9H13N3O2S/c1-2-3-10-8(14)5-12-7(6-13)4-11-9(12)15/h2,4,13H,1,3,5-6H2,(H,10,14)(H,11,15). The minimum absolute atomic E-state index is 0.103. The number of imidazole rings is 1. The van der Waals surface area contributed by atoms with E-state index in [2.05, 4.69) is 16.9 Å². The molecule has 1 rings (SSSR count). The fraction of sp³-hybridized carbons (Fsp3) is 0.333. The van der Waals surface area contributed by atoms with Crippen LogP contribution in [0.25, 0.3) is 0 Å². The van der Waals surface area contributed by atoms with Gasteiger partial charge in [0.25, 0.3) is 0 Å². The minimum Gasteiger partial charge on any atom is -0.390 e. The van der Waals surface area contributed by atoms with Crippen molar-refractivity contribution in [3.05, 3.63) is 29.3 Å². The van der Waals surface area contributed by atoms with E-state index in [1.807, 2.05) is 0 Å². The topological polar surface area (TPSA) is 70.1 Å². The molecule has 0 bridgehead atoms. The van der Waals surface area contributed by atoms with Gasteiger partial charge in [0.2, 0.25) is 5.91 Å². The van der Waals surface area contributed by atoms with Gasteiger partial charge < -0.3 is 20.0 Å². The Hall–Kier alpha value is -1.40. The Bertz CT molecular complexity index is 408. The average molecular weight is 227 g/mol. The molecule has 0 aliphatic heterocycles. The number of H-pyrrole nitrogens is 1. The zero-order valence-corrected chi connectivity index (χ0v) is 9.01. The van der Waals surface area contributed by atoms with E-state index in [1.54, 1.807) is 16.8 Å². The number of aliphatic hydroxyl groups excluding tert-OH is 1. The number of aromatic amines is 1. The van der Waals surface area contributed by atoms with Crippen LogP contribution in [0.5, 0.6) is 0 Å². The average Bonchev–Trinajstić information content (AvgIpc) is 2.57. The monoisotopic (exact) mass is 227 g/mol. The number of nitrogens with one attached hydrogen (secondary N) is 2. The van der Waals surface area contributed by atoms with Crippen molar-refractivity contribution in [2.24, 2.45) is 0 Å². The van der Waals surface area contributed by atoms with E-state index < -0.39 is 0 Å². The van der Waals surface area contributed by atoms with Gasteiger partial charge in [-0.05, 0) is 12.2 Å². The summed E-state index contributed by atoms with van der Waals surface area (Å²) in [7, 11) is 0. The van der Waals surface area contributed by atoms with Crippen molar-refractivity contribution in [3.63, 3.8) is 0 Å². The quantitative estimate of drug-likeness (QED) is 0.502. The normalized spacial score (nSPS) is 9.93. The maximum absolute atomic E-state index is 11.4. The van der Waals surface area contributed by atoms with Gasteiger partial charge in [0.05, 0.1) is 12.3 Å². The summed E-state index contributed by atoms with van der Waals surface area (Å²) < 4.78 is 1.97. The molecular weight excluding hydrogens is 214 g/mol. The van der Waals surface area contributed by atoms with Crippen molar-refractivity contribution in [2.75, 3.05) is 6.54 Å². The first-order valence-corrected chi connectivity index (χ1v) is 4.85. The van der Waals surface area contributed by atoms with Gasteiger partial charge in [-0.15, -0.1) is 6.58 Å². The van der Waals surface area contributed by atoms with Gasteiger partial charge >= 0.3 is 0 Å². The lowest BCUT2D eigenvalue weighted by atomic mass is 10.4. The second kappa shape index (κ2) is 5.47. The number of amides is 1. The highest BCUT2D eigenvalue weighted by atomic mass is 32.1. The van der Waals surface area contributed by atoms with Crippen molar-refractivity contribution in [2.45, 2.75) is 13.2 Å². The van der Waals surface area contributed by atoms with Crippen LogP contribution in [0.15, 0.2) is 18.9 Å². The number of rotatable bonds is 5. The molecule has 0 saturated heterocycles. The molecule has 1 aromatic rings. The molecule has 1 amide bonds. The first kappa shape index (κ1) is 11.7. The summed E-state index contributed by atoms with van der Waals surface area (Å²) in [6, 6.07) is 0. The zero-order chi connectivity index (χ0) is 11.3. The lowest BCUT2D eigenvalue weighted by Gasteiger charge is -2.06. The highest BCUT2D eigenvalue weighted by Crippen LogP contribution is 2.01. The third-order valence-electron chi connectivity index (χ3n) is 1.86. The summed E-state index contributed by atoms with van der Waals surface area (Å²) in [6.45, 7) is 3.87. The lowest BCUT2D eigenvalue weighted by molar-refractivity contribution is -0.121. The van der Waals surface area contributed by atoms with Gasteiger partial charge in [0, 0.05) is 12.7 Å². The minimum atomic E-state index is -0.166. The van der Waals surface area contributed by atoms with Crippen LogP contribution in [0, 0.1) is 4.77 Å². The summed E-state index contributed by atoms with van der Waals surface area (Å²) in [5.41, 5.74) is 0.591. The smallest absolute Gasteiger partial charge is 0.240 e. The molecule has 0 saturated carbocycles. The van der Waals surface area contributed by atoms with Crippen LogP contribution in [0.2, 0.25) is 0 Å². The number of hydrogen-bond acceptors (Lipinski definition) is 3. The molecule has 1 aromatic heterocycles. The molecular formula is C9H13N3O2S. The summed E-state index contributed by atoms with van der Waals surface area (Å²) in [6.07, 6.45) is 3.18. The van der Waals surface area contributed by atoms with Crippen molar-refractivity contribution in [3.8, 4) is 0 Å². The first-order valence-electron chi connectivity index (χ1n) is 4.44. The van der Waals surface area contributed by atoms with Gasteiger partial charge in [-0.1, -0.05) is 6.08 Å².